The Balaban J connectivity index is 1.14. The minimum Gasteiger partial charge on any atom is -0.456 e. The molecule has 0 saturated heterocycles. The van der Waals surface area contributed by atoms with Crippen molar-refractivity contribution in [1.29, 1.82) is 0 Å². The van der Waals surface area contributed by atoms with Gasteiger partial charge in [0.1, 0.15) is 11.5 Å². The predicted molar refractivity (Wildman–Crippen MR) is 180 cm³/mol. The lowest BCUT2D eigenvalue weighted by atomic mass is 9.91. The summed E-state index contributed by atoms with van der Waals surface area (Å²) in [4.78, 5) is 19.6. The van der Waals surface area contributed by atoms with Gasteiger partial charge in [-0.1, -0.05) is 109 Å². The molecule has 0 fully saturated rings. The third kappa shape index (κ3) is 4.33. The highest BCUT2D eigenvalue weighted by atomic mass is 16.5. The Morgan fingerprint density at radius 2 is 1.09 bits per heavy atom. The van der Waals surface area contributed by atoms with Gasteiger partial charge in [0.2, 0.25) is 0 Å². The van der Waals surface area contributed by atoms with Crippen LogP contribution in [0.4, 0.5) is 0 Å². The molecule has 0 bridgehead atoms. The highest BCUT2D eigenvalue weighted by Crippen LogP contribution is 2.48. The summed E-state index contributed by atoms with van der Waals surface area (Å²) in [6.45, 7) is 0. The summed E-state index contributed by atoms with van der Waals surface area (Å²) in [7, 11) is 0. The van der Waals surface area contributed by atoms with Gasteiger partial charge < -0.3 is 4.74 Å². The summed E-state index contributed by atoms with van der Waals surface area (Å²) in [5, 5.41) is 4.34. The number of ether oxygens (including phenoxy) is 1. The second kappa shape index (κ2) is 10.2. The molecule has 0 atom stereocenters. The molecule has 1 aliphatic heterocycles. The summed E-state index contributed by atoms with van der Waals surface area (Å²) < 4.78 is 6.30. The standard InChI is InChI=1S/C40H24N4O/c1-3-10-25(11-4-1)38-42-39(26-12-5-2-6-13-26)44-40(43-38)28-19-18-27-23-34(41-24-29(27)22-28)30-20-21-36-37-32(30)15-9-16-33(37)31-14-7-8-17-35(31)45-36/h1-24H. The van der Waals surface area contributed by atoms with Crippen molar-refractivity contribution in [1.82, 2.24) is 19.9 Å². The number of pyridine rings is 1. The molecule has 0 saturated carbocycles. The summed E-state index contributed by atoms with van der Waals surface area (Å²) in [5.41, 5.74) is 7.07. The van der Waals surface area contributed by atoms with E-state index >= 15 is 0 Å². The largest absolute Gasteiger partial charge is 0.456 e. The van der Waals surface area contributed by atoms with Crippen molar-refractivity contribution in [3.05, 3.63) is 146 Å². The number of hydrogen-bond acceptors (Lipinski definition) is 5. The average Bonchev–Trinajstić information content (AvgIpc) is 3.12. The van der Waals surface area contributed by atoms with E-state index in [2.05, 4.69) is 66.7 Å². The van der Waals surface area contributed by atoms with Gasteiger partial charge >= 0.3 is 0 Å². The molecule has 1 aliphatic rings. The van der Waals surface area contributed by atoms with Crippen molar-refractivity contribution in [3.63, 3.8) is 0 Å². The Kier molecular flexibility index (Phi) is 5.74. The molecule has 210 valence electrons. The van der Waals surface area contributed by atoms with Crippen LogP contribution in [-0.2, 0) is 0 Å². The molecule has 2 aromatic heterocycles. The van der Waals surface area contributed by atoms with Crippen molar-refractivity contribution < 1.29 is 4.74 Å². The molecule has 8 aromatic rings. The predicted octanol–water partition coefficient (Wildman–Crippen LogP) is 10.0. The van der Waals surface area contributed by atoms with Crippen LogP contribution in [0.2, 0.25) is 0 Å². The molecule has 3 heterocycles. The highest BCUT2D eigenvalue weighted by molar-refractivity contribution is 6.10. The molecule has 9 rings (SSSR count). The summed E-state index contributed by atoms with van der Waals surface area (Å²) in [6, 6.07) is 47.3. The first-order valence-corrected chi connectivity index (χ1v) is 14.9. The van der Waals surface area contributed by atoms with Gasteiger partial charge in [-0.15, -0.1) is 0 Å². The fourth-order valence-electron chi connectivity index (χ4n) is 6.17. The van der Waals surface area contributed by atoms with Gasteiger partial charge in [0.25, 0.3) is 0 Å². The quantitative estimate of drug-likeness (QED) is 0.209. The topological polar surface area (TPSA) is 60.8 Å². The minimum atomic E-state index is 0.623. The number of para-hydroxylation sites is 1. The number of aromatic nitrogens is 4. The Morgan fingerprint density at radius 3 is 1.84 bits per heavy atom. The Hall–Kier alpha value is -6.20. The molecule has 0 spiro atoms. The van der Waals surface area contributed by atoms with Gasteiger partial charge in [-0.3, -0.25) is 4.98 Å². The van der Waals surface area contributed by atoms with Crippen LogP contribution in [0, 0.1) is 0 Å². The third-order valence-electron chi connectivity index (χ3n) is 8.35. The summed E-state index contributed by atoms with van der Waals surface area (Å²) in [5.74, 6) is 3.66. The maximum absolute atomic E-state index is 6.30. The van der Waals surface area contributed by atoms with Gasteiger partial charge in [0.15, 0.2) is 17.5 Å². The lowest BCUT2D eigenvalue weighted by Crippen LogP contribution is -2.00. The fraction of sp³-hybridized carbons (Fsp3) is 0. The summed E-state index contributed by atoms with van der Waals surface area (Å²) in [6.07, 6.45) is 1.94. The van der Waals surface area contributed by atoms with Gasteiger partial charge in [0, 0.05) is 44.8 Å². The van der Waals surface area contributed by atoms with Crippen LogP contribution in [0.15, 0.2) is 146 Å². The lowest BCUT2D eigenvalue weighted by molar-refractivity contribution is 0.487. The number of hydrogen-bond donors (Lipinski definition) is 0. The molecular weight excluding hydrogens is 552 g/mol. The molecule has 0 aliphatic carbocycles. The average molecular weight is 577 g/mol. The van der Waals surface area contributed by atoms with Crippen molar-refractivity contribution >= 4 is 21.5 Å². The molecule has 0 N–H and O–H groups in total. The van der Waals surface area contributed by atoms with Crippen LogP contribution in [0.25, 0.3) is 78.1 Å². The number of nitrogens with zero attached hydrogens (tertiary/aromatic N) is 4. The molecule has 0 amide bonds. The van der Waals surface area contributed by atoms with Crippen molar-refractivity contribution in [3.8, 4) is 68.0 Å². The zero-order valence-electron chi connectivity index (χ0n) is 24.1. The SMILES string of the molecule is c1ccc(-c2nc(-c3ccccc3)nc(-c3ccc4cc(-c5ccc6c7c(cccc57)-c5ccccc5O6)ncc4c3)n2)cc1. The van der Waals surface area contributed by atoms with Crippen LogP contribution in [0.1, 0.15) is 0 Å². The van der Waals surface area contributed by atoms with E-state index in [0.29, 0.717) is 17.5 Å². The maximum atomic E-state index is 6.30. The number of benzene rings is 6. The van der Waals surface area contributed by atoms with E-state index in [9.17, 15) is 0 Å². The van der Waals surface area contributed by atoms with E-state index in [1.807, 2.05) is 79.0 Å². The monoisotopic (exact) mass is 576 g/mol. The molecule has 0 radical (unpaired) electrons. The van der Waals surface area contributed by atoms with Gasteiger partial charge in [-0.05, 0) is 46.7 Å². The Labute approximate surface area is 259 Å². The molecular formula is C40H24N4O. The van der Waals surface area contributed by atoms with E-state index < -0.39 is 0 Å². The van der Waals surface area contributed by atoms with Gasteiger partial charge in [-0.2, -0.15) is 0 Å². The fourth-order valence-corrected chi connectivity index (χ4v) is 6.17. The lowest BCUT2D eigenvalue weighted by Gasteiger charge is -2.22. The first-order chi connectivity index (χ1) is 22.3. The minimum absolute atomic E-state index is 0.623. The highest BCUT2D eigenvalue weighted by Gasteiger charge is 2.21. The first kappa shape index (κ1) is 25.3. The maximum Gasteiger partial charge on any atom is 0.164 e. The van der Waals surface area contributed by atoms with Crippen LogP contribution in [-0.4, -0.2) is 19.9 Å². The van der Waals surface area contributed by atoms with Crippen LogP contribution >= 0.6 is 0 Å². The van der Waals surface area contributed by atoms with Gasteiger partial charge in [0.05, 0.1) is 5.69 Å². The second-order valence-corrected chi connectivity index (χ2v) is 11.1. The van der Waals surface area contributed by atoms with E-state index in [4.69, 9.17) is 24.7 Å². The Morgan fingerprint density at radius 1 is 0.422 bits per heavy atom. The zero-order chi connectivity index (χ0) is 29.7. The number of rotatable bonds is 4. The first-order valence-electron chi connectivity index (χ1n) is 14.9. The van der Waals surface area contributed by atoms with E-state index in [1.54, 1.807) is 0 Å². The molecule has 6 aromatic carbocycles. The van der Waals surface area contributed by atoms with Crippen LogP contribution < -0.4 is 4.74 Å². The van der Waals surface area contributed by atoms with Crippen molar-refractivity contribution in [2.24, 2.45) is 0 Å². The summed E-state index contributed by atoms with van der Waals surface area (Å²) >= 11 is 0. The Bertz CT molecular complexity index is 2350. The van der Waals surface area contributed by atoms with Crippen molar-refractivity contribution in [2.45, 2.75) is 0 Å². The second-order valence-electron chi connectivity index (χ2n) is 11.1. The van der Waals surface area contributed by atoms with Crippen LogP contribution in [0.3, 0.4) is 0 Å². The normalized spacial score (nSPS) is 11.7. The van der Waals surface area contributed by atoms with E-state index in [1.165, 1.54) is 5.56 Å². The molecule has 0 unspecified atom stereocenters. The van der Waals surface area contributed by atoms with E-state index in [-0.39, 0.29) is 0 Å². The van der Waals surface area contributed by atoms with Gasteiger partial charge in [-0.25, -0.2) is 15.0 Å². The molecule has 5 heteroatoms. The molecule has 5 nitrogen and oxygen atoms in total. The zero-order valence-corrected chi connectivity index (χ0v) is 24.1. The smallest absolute Gasteiger partial charge is 0.164 e. The molecule has 45 heavy (non-hydrogen) atoms. The van der Waals surface area contributed by atoms with Crippen LogP contribution in [0.5, 0.6) is 11.5 Å². The van der Waals surface area contributed by atoms with Crippen molar-refractivity contribution in [2.75, 3.05) is 0 Å². The number of fused-ring (bicyclic) bond motifs is 3. The van der Waals surface area contributed by atoms with E-state index in [0.717, 1.165) is 66.6 Å². The third-order valence-corrected chi connectivity index (χ3v) is 8.35.